The molecule has 0 heterocycles. The van der Waals surface area contributed by atoms with Crippen molar-refractivity contribution in [2.24, 2.45) is 0 Å². The number of alkyl halides is 2. The van der Waals surface area contributed by atoms with Crippen molar-refractivity contribution in [3.8, 4) is 5.75 Å². The zero-order valence-electron chi connectivity index (χ0n) is 7.36. The Hall–Kier alpha value is -1.26. The highest BCUT2D eigenvalue weighted by atomic mass is 19.3. The number of ether oxygens (including phenoxy) is 1. The monoisotopic (exact) mass is 208 g/mol. The quantitative estimate of drug-likeness (QED) is 0.693. The maximum Gasteiger partial charge on any atom is 0.387 e. The summed E-state index contributed by atoms with van der Waals surface area (Å²) in [5.74, 6) is -2.56. The summed E-state index contributed by atoms with van der Waals surface area (Å²) in [4.78, 5) is 0. The molecular formula is C9H8F4O. The molecule has 5 heteroatoms. The van der Waals surface area contributed by atoms with E-state index in [9.17, 15) is 17.6 Å². The maximum atomic E-state index is 12.9. The summed E-state index contributed by atoms with van der Waals surface area (Å²) in [6.07, 6.45) is 0.211. The molecule has 0 aromatic heterocycles. The van der Waals surface area contributed by atoms with E-state index >= 15 is 0 Å². The number of halogens is 4. The van der Waals surface area contributed by atoms with E-state index in [-0.39, 0.29) is 17.7 Å². The first-order chi connectivity index (χ1) is 6.54. The lowest BCUT2D eigenvalue weighted by Crippen LogP contribution is -2.04. The van der Waals surface area contributed by atoms with Crippen molar-refractivity contribution in [1.29, 1.82) is 0 Å². The Morgan fingerprint density at radius 2 is 1.93 bits per heavy atom. The molecule has 1 rings (SSSR count). The molecule has 0 aliphatic carbocycles. The summed E-state index contributed by atoms with van der Waals surface area (Å²) in [6, 6.07) is 1.66. The molecule has 0 spiro atoms. The third-order valence-electron chi connectivity index (χ3n) is 1.68. The van der Waals surface area contributed by atoms with Crippen LogP contribution in [-0.2, 0) is 6.42 Å². The Labute approximate surface area is 78.3 Å². The minimum Gasteiger partial charge on any atom is -0.435 e. The fourth-order valence-corrected chi connectivity index (χ4v) is 1.05. The normalized spacial score (nSPS) is 10.7. The standard InChI is InChI=1S/C9H8F4O/c1-2-5-3-6(14-9(12)13)4-7(10)8(5)11/h3-4,9H,2H2,1H3. The molecule has 0 saturated heterocycles. The van der Waals surface area contributed by atoms with Gasteiger partial charge in [-0.2, -0.15) is 8.78 Å². The van der Waals surface area contributed by atoms with E-state index in [0.29, 0.717) is 6.07 Å². The number of benzene rings is 1. The van der Waals surface area contributed by atoms with Crippen molar-refractivity contribution in [3.63, 3.8) is 0 Å². The molecular weight excluding hydrogens is 200 g/mol. The second-order valence-electron chi connectivity index (χ2n) is 2.61. The van der Waals surface area contributed by atoms with Crippen LogP contribution in [0.4, 0.5) is 17.6 Å². The van der Waals surface area contributed by atoms with E-state index < -0.39 is 18.2 Å². The van der Waals surface area contributed by atoms with Crippen molar-refractivity contribution in [1.82, 2.24) is 0 Å². The molecule has 0 saturated carbocycles. The molecule has 14 heavy (non-hydrogen) atoms. The molecule has 0 radical (unpaired) electrons. The zero-order chi connectivity index (χ0) is 10.7. The van der Waals surface area contributed by atoms with Gasteiger partial charge in [0.15, 0.2) is 11.6 Å². The van der Waals surface area contributed by atoms with Gasteiger partial charge in [0.05, 0.1) is 0 Å². The summed E-state index contributed by atoms with van der Waals surface area (Å²) in [5, 5.41) is 0. The Morgan fingerprint density at radius 3 is 2.43 bits per heavy atom. The van der Waals surface area contributed by atoms with Gasteiger partial charge in [-0.25, -0.2) is 8.78 Å². The molecule has 0 amide bonds. The second kappa shape index (κ2) is 4.30. The summed E-state index contributed by atoms with van der Waals surface area (Å²) in [6.45, 7) is -1.45. The highest BCUT2D eigenvalue weighted by molar-refractivity contribution is 5.31. The van der Waals surface area contributed by atoms with Crippen molar-refractivity contribution in [2.75, 3.05) is 0 Å². The van der Waals surface area contributed by atoms with E-state index in [1.807, 2.05) is 0 Å². The number of rotatable bonds is 3. The van der Waals surface area contributed by atoms with Gasteiger partial charge in [-0.05, 0) is 18.1 Å². The average Bonchev–Trinajstić information content (AvgIpc) is 2.10. The first-order valence-electron chi connectivity index (χ1n) is 3.97. The predicted octanol–water partition coefficient (Wildman–Crippen LogP) is 3.13. The zero-order valence-corrected chi connectivity index (χ0v) is 7.36. The smallest absolute Gasteiger partial charge is 0.387 e. The van der Waals surface area contributed by atoms with Crippen LogP contribution in [0.25, 0.3) is 0 Å². The predicted molar refractivity (Wildman–Crippen MR) is 42.4 cm³/mol. The van der Waals surface area contributed by atoms with Crippen LogP contribution >= 0.6 is 0 Å². The molecule has 0 N–H and O–H groups in total. The van der Waals surface area contributed by atoms with Crippen LogP contribution in [0.5, 0.6) is 5.75 Å². The Morgan fingerprint density at radius 1 is 1.29 bits per heavy atom. The highest BCUT2D eigenvalue weighted by Gasteiger charge is 2.12. The SMILES string of the molecule is CCc1cc(OC(F)F)cc(F)c1F. The van der Waals surface area contributed by atoms with E-state index in [2.05, 4.69) is 4.74 Å². The number of hydrogen-bond acceptors (Lipinski definition) is 1. The van der Waals surface area contributed by atoms with Crippen LogP contribution < -0.4 is 4.74 Å². The average molecular weight is 208 g/mol. The largest absolute Gasteiger partial charge is 0.435 e. The fraction of sp³-hybridized carbons (Fsp3) is 0.333. The van der Waals surface area contributed by atoms with Gasteiger partial charge >= 0.3 is 6.61 Å². The van der Waals surface area contributed by atoms with Gasteiger partial charge in [-0.3, -0.25) is 0 Å². The Kier molecular flexibility index (Phi) is 3.33. The van der Waals surface area contributed by atoms with Gasteiger partial charge in [0, 0.05) is 6.07 Å². The lowest BCUT2D eigenvalue weighted by Gasteiger charge is -2.07. The third kappa shape index (κ3) is 2.37. The minimum absolute atomic E-state index is 0.0145. The van der Waals surface area contributed by atoms with Gasteiger partial charge in [0.2, 0.25) is 0 Å². The molecule has 0 unspecified atom stereocenters. The molecule has 0 bridgehead atoms. The fourth-order valence-electron chi connectivity index (χ4n) is 1.05. The lowest BCUT2D eigenvalue weighted by atomic mass is 10.1. The number of hydrogen-bond donors (Lipinski definition) is 0. The van der Waals surface area contributed by atoms with Crippen molar-refractivity contribution < 1.29 is 22.3 Å². The lowest BCUT2D eigenvalue weighted by molar-refractivity contribution is -0.0501. The Bertz CT molecular complexity index is 325. The van der Waals surface area contributed by atoms with Gasteiger partial charge in [-0.15, -0.1) is 0 Å². The topological polar surface area (TPSA) is 9.23 Å². The van der Waals surface area contributed by atoms with Crippen molar-refractivity contribution in [2.45, 2.75) is 20.0 Å². The van der Waals surface area contributed by atoms with E-state index in [1.165, 1.54) is 0 Å². The van der Waals surface area contributed by atoms with Gasteiger partial charge in [0.1, 0.15) is 5.75 Å². The summed E-state index contributed by atoms with van der Waals surface area (Å²) in [7, 11) is 0. The molecule has 0 aliphatic heterocycles. The number of aryl methyl sites for hydroxylation is 1. The first kappa shape index (κ1) is 10.8. The summed E-state index contributed by atoms with van der Waals surface area (Å²) < 4.78 is 53.1. The highest BCUT2D eigenvalue weighted by Crippen LogP contribution is 2.22. The molecule has 0 atom stereocenters. The van der Waals surface area contributed by atoms with E-state index in [4.69, 9.17) is 0 Å². The van der Waals surface area contributed by atoms with E-state index in [1.54, 1.807) is 6.92 Å². The van der Waals surface area contributed by atoms with Crippen LogP contribution in [-0.4, -0.2) is 6.61 Å². The maximum absolute atomic E-state index is 12.9. The Balaban J connectivity index is 3.03. The van der Waals surface area contributed by atoms with E-state index in [0.717, 1.165) is 6.07 Å². The molecule has 1 nitrogen and oxygen atoms in total. The van der Waals surface area contributed by atoms with Gasteiger partial charge < -0.3 is 4.74 Å². The van der Waals surface area contributed by atoms with Crippen molar-refractivity contribution in [3.05, 3.63) is 29.3 Å². The molecule has 0 aliphatic rings. The van der Waals surface area contributed by atoms with Crippen LogP contribution in [0.3, 0.4) is 0 Å². The van der Waals surface area contributed by atoms with Crippen LogP contribution in [0, 0.1) is 11.6 Å². The molecule has 78 valence electrons. The third-order valence-corrected chi connectivity index (χ3v) is 1.68. The van der Waals surface area contributed by atoms with Crippen LogP contribution in [0.2, 0.25) is 0 Å². The van der Waals surface area contributed by atoms with Gasteiger partial charge in [0.25, 0.3) is 0 Å². The first-order valence-corrected chi connectivity index (χ1v) is 3.97. The molecule has 1 aromatic rings. The van der Waals surface area contributed by atoms with Gasteiger partial charge in [-0.1, -0.05) is 6.92 Å². The summed E-state index contributed by atoms with van der Waals surface area (Å²) >= 11 is 0. The van der Waals surface area contributed by atoms with Crippen LogP contribution in [0.1, 0.15) is 12.5 Å². The molecule has 1 aromatic carbocycles. The van der Waals surface area contributed by atoms with Crippen molar-refractivity contribution >= 4 is 0 Å². The molecule has 0 fully saturated rings. The van der Waals surface area contributed by atoms with Crippen LogP contribution in [0.15, 0.2) is 12.1 Å². The summed E-state index contributed by atoms with van der Waals surface area (Å²) in [5.41, 5.74) is 0.0145. The second-order valence-corrected chi connectivity index (χ2v) is 2.61. The minimum atomic E-state index is -3.04.